The zero-order valence-electron chi connectivity index (χ0n) is 10.5. The molecule has 1 aliphatic rings. The van der Waals surface area contributed by atoms with Crippen LogP contribution in [0.3, 0.4) is 0 Å². The van der Waals surface area contributed by atoms with E-state index < -0.39 is 16.0 Å². The van der Waals surface area contributed by atoms with Crippen LogP contribution in [0.25, 0.3) is 0 Å². The van der Waals surface area contributed by atoms with E-state index in [1.54, 1.807) is 0 Å². The van der Waals surface area contributed by atoms with Gasteiger partial charge >= 0.3 is 124 Å². The molecule has 0 fully saturated rings. The molecule has 0 spiro atoms. The summed E-state index contributed by atoms with van der Waals surface area (Å²) in [5.41, 5.74) is 3.74. The molecule has 3 rings (SSSR count). The second kappa shape index (κ2) is 5.40. The van der Waals surface area contributed by atoms with Gasteiger partial charge in [-0.2, -0.15) is 0 Å². The number of ketones is 1. The Morgan fingerprint density at radius 2 is 1.47 bits per heavy atom. The summed E-state index contributed by atoms with van der Waals surface area (Å²) in [6.45, 7) is 0. The van der Waals surface area contributed by atoms with Gasteiger partial charge in [0.15, 0.2) is 0 Å². The van der Waals surface area contributed by atoms with Crippen LogP contribution in [0.15, 0.2) is 54.6 Å². The van der Waals surface area contributed by atoms with Gasteiger partial charge in [0.05, 0.1) is 0 Å². The first-order chi connectivity index (χ1) is 9.16. The molecule has 98 valence electrons. The average Bonchev–Trinajstić information content (AvgIpc) is 2.75. The van der Waals surface area contributed by atoms with Gasteiger partial charge in [0.25, 0.3) is 0 Å². The summed E-state index contributed by atoms with van der Waals surface area (Å²) in [4.78, 5) is 12.4. The van der Waals surface area contributed by atoms with E-state index >= 15 is 0 Å². The molecule has 0 saturated heterocycles. The van der Waals surface area contributed by atoms with E-state index in [-0.39, 0.29) is 0 Å². The first kappa shape index (κ1) is 13.4. The Bertz CT molecular complexity index is 584. The van der Waals surface area contributed by atoms with E-state index in [2.05, 4.69) is 37.0 Å². The van der Waals surface area contributed by atoms with Crippen molar-refractivity contribution in [2.45, 2.75) is 13.4 Å². The number of halogens is 1. The van der Waals surface area contributed by atoms with Gasteiger partial charge in [0.2, 0.25) is 0 Å². The Balaban J connectivity index is 1.77. The van der Waals surface area contributed by atoms with Crippen molar-refractivity contribution in [3.63, 3.8) is 0 Å². The number of Topliss-reactive ketones (excluding diaryl/α,β-unsaturated/α-hetero) is 1. The van der Waals surface area contributed by atoms with Crippen LogP contribution >= 0.6 is 12.8 Å². The first-order valence-electron chi connectivity index (χ1n) is 6.27. The van der Waals surface area contributed by atoms with Crippen molar-refractivity contribution >= 4 is 34.5 Å². The third kappa shape index (κ3) is 2.94. The fourth-order valence-electron chi connectivity index (χ4n) is 2.49. The topological polar surface area (TPSA) is 17.1 Å². The molecular weight excluding hydrogens is 416 g/mol. The second-order valence-electron chi connectivity index (χ2n) is 4.93. The summed E-state index contributed by atoms with van der Waals surface area (Å²) in [5.74, 6) is 0.298. The van der Waals surface area contributed by atoms with Gasteiger partial charge in [0, 0.05) is 0 Å². The Labute approximate surface area is 123 Å². The van der Waals surface area contributed by atoms with Crippen molar-refractivity contribution in [3.05, 3.63) is 71.3 Å². The number of fused-ring (bicyclic) bond motifs is 1. The summed E-state index contributed by atoms with van der Waals surface area (Å²) in [5, 5.41) is 0. The van der Waals surface area contributed by atoms with Gasteiger partial charge in [-0.05, 0) is 0 Å². The molecule has 0 bridgehead atoms. The molecule has 0 saturated carbocycles. The monoisotopic (exact) mass is 432 g/mol. The molecule has 2 aromatic rings. The predicted octanol–water partition coefficient (Wildman–Crippen LogP) is 4.09. The van der Waals surface area contributed by atoms with Gasteiger partial charge < -0.3 is 0 Å². The number of rotatable bonds is 3. The van der Waals surface area contributed by atoms with Crippen LogP contribution in [0.4, 0.5) is 0 Å². The summed E-state index contributed by atoms with van der Waals surface area (Å²) >= 11 is 1.74. The molecule has 0 unspecified atom stereocenters. The molecule has 3 heteroatoms. The van der Waals surface area contributed by atoms with Crippen LogP contribution in [0.1, 0.15) is 21.5 Å². The van der Waals surface area contributed by atoms with E-state index in [9.17, 15) is 4.79 Å². The molecule has 0 aliphatic carbocycles. The molecule has 1 nitrogen and oxygen atoms in total. The standard InChI is InChI=1S/C16H15BrOTe/c17-19(10-14-8-4-5-9-15(14)11-19)12-16(18)13-6-2-1-3-7-13/h1-9H,10-12H2. The molecule has 1 heterocycles. The van der Waals surface area contributed by atoms with Gasteiger partial charge in [0.1, 0.15) is 0 Å². The molecular formula is C16H15BrOTe. The molecule has 0 aromatic heterocycles. The summed E-state index contributed by atoms with van der Waals surface area (Å²) in [6, 6.07) is 18.3. The van der Waals surface area contributed by atoms with Crippen LogP contribution in [0.2, 0.25) is 4.47 Å². The van der Waals surface area contributed by atoms with E-state index in [1.807, 2.05) is 30.3 Å². The van der Waals surface area contributed by atoms with Crippen molar-refractivity contribution < 1.29 is 4.79 Å². The quantitative estimate of drug-likeness (QED) is 0.529. The summed E-state index contributed by atoms with van der Waals surface area (Å²) in [7, 11) is 0. The van der Waals surface area contributed by atoms with Gasteiger partial charge in [-0.1, -0.05) is 0 Å². The fourth-order valence-corrected chi connectivity index (χ4v) is 14.7. The van der Waals surface area contributed by atoms with Crippen LogP contribution in [-0.4, -0.2) is 21.8 Å². The minimum atomic E-state index is -2.25. The van der Waals surface area contributed by atoms with E-state index in [0.717, 1.165) is 19.0 Å². The maximum atomic E-state index is 12.4. The van der Waals surface area contributed by atoms with E-state index in [0.29, 0.717) is 5.78 Å². The van der Waals surface area contributed by atoms with Gasteiger partial charge in [-0.3, -0.25) is 0 Å². The SMILES string of the molecule is O=C(C[Te]1(Br)Cc2ccccc2C1)c1ccccc1. The third-order valence-corrected chi connectivity index (χ3v) is 15.0. The molecule has 0 N–H and O–H groups in total. The van der Waals surface area contributed by atoms with Crippen molar-refractivity contribution in [2.75, 3.05) is 0 Å². The maximum absolute atomic E-state index is 12.4. The number of carbonyl (C=O) groups is 1. The molecule has 0 amide bonds. The molecule has 2 aromatic carbocycles. The normalized spacial score (nSPS) is 17.7. The van der Waals surface area contributed by atoms with Crippen molar-refractivity contribution in [3.8, 4) is 0 Å². The van der Waals surface area contributed by atoms with Crippen molar-refractivity contribution in [2.24, 2.45) is 0 Å². The zero-order chi connectivity index (χ0) is 13.3. The molecule has 0 radical (unpaired) electrons. The van der Waals surface area contributed by atoms with Crippen LogP contribution < -0.4 is 0 Å². The van der Waals surface area contributed by atoms with Crippen molar-refractivity contribution in [1.29, 1.82) is 0 Å². The molecule has 1 aliphatic heterocycles. The van der Waals surface area contributed by atoms with Crippen LogP contribution in [-0.2, 0) is 8.94 Å². The number of carbonyl (C=O) groups excluding carboxylic acids is 1. The van der Waals surface area contributed by atoms with Gasteiger partial charge in [-0.25, -0.2) is 0 Å². The summed E-state index contributed by atoms with van der Waals surface area (Å²) < 4.78 is 2.98. The molecule has 0 atom stereocenters. The molecule has 19 heavy (non-hydrogen) atoms. The number of benzene rings is 2. The zero-order valence-corrected chi connectivity index (χ0v) is 14.4. The number of hydrogen-bond donors (Lipinski definition) is 0. The minimum absolute atomic E-state index is 0.298. The Hall–Kier alpha value is -0.620. The Morgan fingerprint density at radius 3 is 2.05 bits per heavy atom. The second-order valence-corrected chi connectivity index (χ2v) is 22.0. The number of hydrogen-bond acceptors (Lipinski definition) is 1. The predicted molar refractivity (Wildman–Crippen MR) is 84.1 cm³/mol. The third-order valence-electron chi connectivity index (χ3n) is 3.43. The average molecular weight is 431 g/mol. The van der Waals surface area contributed by atoms with E-state index in [1.165, 1.54) is 11.1 Å². The van der Waals surface area contributed by atoms with Crippen LogP contribution in [0.5, 0.6) is 0 Å². The van der Waals surface area contributed by atoms with E-state index in [4.69, 9.17) is 0 Å². The Kier molecular flexibility index (Phi) is 3.80. The van der Waals surface area contributed by atoms with Gasteiger partial charge in [-0.15, -0.1) is 0 Å². The van der Waals surface area contributed by atoms with Crippen molar-refractivity contribution in [1.82, 2.24) is 0 Å². The fraction of sp³-hybridized carbons (Fsp3) is 0.188. The summed E-state index contributed by atoms with van der Waals surface area (Å²) in [6.07, 6.45) is 0. The first-order valence-corrected chi connectivity index (χ1v) is 16.4. The Morgan fingerprint density at radius 1 is 0.947 bits per heavy atom. The van der Waals surface area contributed by atoms with Crippen LogP contribution in [0, 0.1) is 0 Å².